The van der Waals surface area contributed by atoms with Gasteiger partial charge in [0.15, 0.2) is 0 Å². The Hall–Kier alpha value is -1.46. The molecule has 1 nitrogen and oxygen atoms in total. The highest BCUT2D eigenvalue weighted by atomic mass is 19.4. The van der Waals surface area contributed by atoms with E-state index in [1.54, 1.807) is 0 Å². The zero-order chi connectivity index (χ0) is 13.8. The Labute approximate surface area is 101 Å². The summed E-state index contributed by atoms with van der Waals surface area (Å²) in [6, 6.07) is 2.65. The molecular formula is C12H11F5O. The first kappa shape index (κ1) is 14.6. The average Bonchev–Trinajstić information content (AvgIpc) is 2.12. The third kappa shape index (κ3) is 5.75. The van der Waals surface area contributed by atoms with Crippen LogP contribution in [0, 0.1) is 11.6 Å². The van der Waals surface area contributed by atoms with Crippen molar-refractivity contribution in [1.29, 1.82) is 0 Å². The Bertz CT molecular complexity index is 405. The smallest absolute Gasteiger partial charge is 0.299 e. The van der Waals surface area contributed by atoms with E-state index in [1.807, 2.05) is 0 Å². The molecule has 0 fully saturated rings. The number of rotatable bonds is 5. The molecule has 0 aliphatic rings. The predicted octanol–water partition coefficient (Wildman–Crippen LogP) is 3.81. The second kappa shape index (κ2) is 5.93. The van der Waals surface area contributed by atoms with Gasteiger partial charge in [-0.05, 0) is 24.1 Å². The fourth-order valence-corrected chi connectivity index (χ4v) is 1.52. The zero-order valence-corrected chi connectivity index (χ0v) is 9.36. The van der Waals surface area contributed by atoms with Crippen molar-refractivity contribution < 1.29 is 26.7 Å². The summed E-state index contributed by atoms with van der Waals surface area (Å²) in [7, 11) is 0. The van der Waals surface area contributed by atoms with Crippen LogP contribution in [0.25, 0.3) is 0 Å². The van der Waals surface area contributed by atoms with Crippen molar-refractivity contribution in [3.05, 3.63) is 35.4 Å². The molecule has 0 aliphatic heterocycles. The summed E-state index contributed by atoms with van der Waals surface area (Å²) in [4.78, 5) is 11.3. The van der Waals surface area contributed by atoms with E-state index in [1.165, 1.54) is 0 Å². The lowest BCUT2D eigenvalue weighted by atomic mass is 10.0. The molecule has 0 aromatic heterocycles. The van der Waals surface area contributed by atoms with Gasteiger partial charge in [-0.1, -0.05) is 0 Å². The number of halogens is 5. The number of Topliss-reactive ketones (excluding diaryl/α,β-unsaturated/α-hetero) is 1. The van der Waals surface area contributed by atoms with Crippen molar-refractivity contribution >= 4 is 5.78 Å². The molecule has 6 heteroatoms. The number of hydrogen-bond donors (Lipinski definition) is 0. The summed E-state index contributed by atoms with van der Waals surface area (Å²) in [5, 5.41) is 0. The Balaban J connectivity index is 2.45. The van der Waals surface area contributed by atoms with Crippen molar-refractivity contribution in [2.45, 2.75) is 31.9 Å². The molecule has 18 heavy (non-hydrogen) atoms. The lowest BCUT2D eigenvalue weighted by Crippen LogP contribution is -2.09. The topological polar surface area (TPSA) is 17.1 Å². The highest BCUT2D eigenvalue weighted by molar-refractivity contribution is 5.80. The van der Waals surface area contributed by atoms with Crippen LogP contribution in [0.5, 0.6) is 0 Å². The van der Waals surface area contributed by atoms with E-state index in [9.17, 15) is 26.7 Å². The molecule has 0 radical (unpaired) electrons. The van der Waals surface area contributed by atoms with Gasteiger partial charge in [-0.3, -0.25) is 4.79 Å². The van der Waals surface area contributed by atoms with Gasteiger partial charge in [-0.25, -0.2) is 8.78 Å². The number of alkyl halides is 3. The molecule has 100 valence electrons. The lowest BCUT2D eigenvalue weighted by Gasteiger charge is -2.05. The molecule has 0 saturated heterocycles. The van der Waals surface area contributed by atoms with Crippen molar-refractivity contribution in [3.63, 3.8) is 0 Å². The third-order valence-electron chi connectivity index (χ3n) is 2.24. The average molecular weight is 266 g/mol. The summed E-state index contributed by atoms with van der Waals surface area (Å²) >= 11 is 0. The van der Waals surface area contributed by atoms with Crippen LogP contribution in [0.2, 0.25) is 0 Å². The Kier molecular flexibility index (Phi) is 4.81. The second-order valence-electron chi connectivity index (χ2n) is 3.96. The van der Waals surface area contributed by atoms with Crippen LogP contribution in [0.3, 0.4) is 0 Å². The Morgan fingerprint density at radius 2 is 1.61 bits per heavy atom. The second-order valence-corrected chi connectivity index (χ2v) is 3.96. The molecule has 0 aliphatic carbocycles. The van der Waals surface area contributed by atoms with Crippen LogP contribution in [0.1, 0.15) is 24.8 Å². The fourth-order valence-electron chi connectivity index (χ4n) is 1.52. The van der Waals surface area contributed by atoms with Crippen LogP contribution in [0.4, 0.5) is 22.0 Å². The van der Waals surface area contributed by atoms with Crippen molar-refractivity contribution in [2.75, 3.05) is 0 Å². The molecular weight excluding hydrogens is 255 g/mol. The maximum absolute atomic E-state index is 12.8. The molecule has 0 heterocycles. The molecule has 0 saturated carbocycles. The van der Waals surface area contributed by atoms with Gasteiger partial charge in [0.05, 0.1) is 0 Å². The molecule has 0 unspecified atom stereocenters. The van der Waals surface area contributed by atoms with Gasteiger partial charge in [-0.15, -0.1) is 0 Å². The van der Waals surface area contributed by atoms with Crippen molar-refractivity contribution in [3.8, 4) is 0 Å². The highest BCUT2D eigenvalue weighted by Crippen LogP contribution is 2.22. The van der Waals surface area contributed by atoms with Crippen molar-refractivity contribution in [2.24, 2.45) is 0 Å². The first-order valence-electron chi connectivity index (χ1n) is 5.30. The van der Waals surface area contributed by atoms with Gasteiger partial charge >= 0.3 is 6.18 Å². The minimum Gasteiger partial charge on any atom is -0.299 e. The van der Waals surface area contributed by atoms with E-state index in [2.05, 4.69) is 0 Å². The minimum absolute atomic E-state index is 0.129. The third-order valence-corrected chi connectivity index (χ3v) is 2.24. The van der Waals surface area contributed by atoms with E-state index in [0.717, 1.165) is 12.1 Å². The van der Waals surface area contributed by atoms with E-state index >= 15 is 0 Å². The Morgan fingerprint density at radius 3 is 2.11 bits per heavy atom. The van der Waals surface area contributed by atoms with E-state index in [0.29, 0.717) is 6.07 Å². The molecule has 0 N–H and O–H groups in total. The van der Waals surface area contributed by atoms with Gasteiger partial charge in [0.2, 0.25) is 0 Å². The molecule has 0 bridgehead atoms. The van der Waals surface area contributed by atoms with Crippen LogP contribution >= 0.6 is 0 Å². The number of carbonyl (C=O) groups excluding carboxylic acids is 1. The number of carbonyl (C=O) groups is 1. The fraction of sp³-hybridized carbons (Fsp3) is 0.417. The summed E-state index contributed by atoms with van der Waals surface area (Å²) in [5.74, 6) is -2.09. The maximum atomic E-state index is 12.8. The summed E-state index contributed by atoms with van der Waals surface area (Å²) in [5.41, 5.74) is 0.129. The summed E-state index contributed by atoms with van der Waals surface area (Å²) < 4.78 is 61.1. The van der Waals surface area contributed by atoms with Gasteiger partial charge in [0.1, 0.15) is 17.4 Å². The summed E-state index contributed by atoms with van der Waals surface area (Å²) in [6.07, 6.45) is -6.13. The van der Waals surface area contributed by atoms with E-state index in [-0.39, 0.29) is 24.8 Å². The largest absolute Gasteiger partial charge is 0.389 e. The van der Waals surface area contributed by atoms with Crippen molar-refractivity contribution in [1.82, 2.24) is 0 Å². The summed E-state index contributed by atoms with van der Waals surface area (Å²) in [6.45, 7) is 0. The minimum atomic E-state index is -4.29. The molecule has 1 rings (SSSR count). The number of ketones is 1. The van der Waals surface area contributed by atoms with Crippen LogP contribution < -0.4 is 0 Å². The molecule has 0 spiro atoms. The van der Waals surface area contributed by atoms with Gasteiger partial charge in [0.25, 0.3) is 0 Å². The maximum Gasteiger partial charge on any atom is 0.389 e. The SMILES string of the molecule is O=C(CCCC(F)(F)F)Cc1cc(F)cc(F)c1. The van der Waals surface area contributed by atoms with Crippen LogP contribution in [-0.2, 0) is 11.2 Å². The molecule has 1 aromatic carbocycles. The lowest BCUT2D eigenvalue weighted by molar-refractivity contribution is -0.137. The first-order valence-corrected chi connectivity index (χ1v) is 5.30. The van der Waals surface area contributed by atoms with Gasteiger partial charge in [-0.2, -0.15) is 13.2 Å². The Morgan fingerprint density at radius 1 is 1.06 bits per heavy atom. The quantitative estimate of drug-likeness (QED) is 0.741. The van der Waals surface area contributed by atoms with E-state index < -0.39 is 30.0 Å². The number of benzene rings is 1. The molecule has 1 aromatic rings. The van der Waals surface area contributed by atoms with Crippen LogP contribution in [-0.4, -0.2) is 12.0 Å². The molecule has 0 amide bonds. The normalized spacial score (nSPS) is 11.6. The number of hydrogen-bond acceptors (Lipinski definition) is 1. The van der Waals surface area contributed by atoms with E-state index in [4.69, 9.17) is 0 Å². The predicted molar refractivity (Wildman–Crippen MR) is 55.0 cm³/mol. The standard InChI is InChI=1S/C12H11F5O/c13-9-4-8(5-10(14)7-9)6-11(18)2-1-3-12(15,16)17/h4-5,7H,1-3,6H2. The zero-order valence-electron chi connectivity index (χ0n) is 9.36. The van der Waals surface area contributed by atoms with Gasteiger partial charge < -0.3 is 0 Å². The highest BCUT2D eigenvalue weighted by Gasteiger charge is 2.26. The monoisotopic (exact) mass is 266 g/mol. The van der Waals surface area contributed by atoms with Crippen LogP contribution in [0.15, 0.2) is 18.2 Å². The van der Waals surface area contributed by atoms with Gasteiger partial charge in [0, 0.05) is 25.3 Å². The molecule has 0 atom stereocenters. The first-order chi connectivity index (χ1) is 8.26.